The van der Waals surface area contributed by atoms with Crippen LogP contribution in [-0.2, 0) is 4.74 Å². The second kappa shape index (κ2) is 6.15. The molecule has 0 unspecified atom stereocenters. The van der Waals surface area contributed by atoms with Crippen LogP contribution in [0, 0.1) is 10.1 Å². The van der Waals surface area contributed by atoms with Crippen LogP contribution in [0.1, 0.15) is 0 Å². The van der Waals surface area contributed by atoms with Gasteiger partial charge < -0.3 is 4.74 Å². The number of nitrogens with one attached hydrogen (secondary N) is 2. The van der Waals surface area contributed by atoms with Gasteiger partial charge in [0.1, 0.15) is 13.2 Å². The van der Waals surface area contributed by atoms with E-state index in [0.717, 1.165) is 0 Å². The number of nitro groups is 1. The van der Waals surface area contributed by atoms with Gasteiger partial charge in [0.2, 0.25) is 0 Å². The van der Waals surface area contributed by atoms with Crippen molar-refractivity contribution >= 4 is 11.5 Å². The molecule has 0 saturated carbocycles. The first-order chi connectivity index (χ1) is 8.38. The number of ether oxygens (including phenoxy) is 1. The first-order valence-corrected chi connectivity index (χ1v) is 4.93. The predicted octanol–water partition coefficient (Wildman–Crippen LogP) is 1.40. The Hall–Kier alpha value is -1.90. The summed E-state index contributed by atoms with van der Waals surface area (Å²) in [5.74, 6) is 0.455. The quantitative estimate of drug-likeness (QED) is 0.479. The molecule has 1 heterocycles. The molecule has 0 aliphatic rings. The fraction of sp³-hybridized carbons (Fsp3) is 0.444. The zero-order valence-electron chi connectivity index (χ0n) is 9.16. The Morgan fingerprint density at radius 2 is 2.17 bits per heavy atom. The lowest BCUT2D eigenvalue weighted by Gasteiger charge is -2.06. The standard InChI is InChI=1S/C9H10F3N3O3/c10-9(11,12)6-18-4-3-13-8-2-1-7(5-14-8)15(16)17/h1-2,5H,3-4,6H2,(H,13,14)/p+1. The summed E-state index contributed by atoms with van der Waals surface area (Å²) < 4.78 is 39.5. The third-order valence-electron chi connectivity index (χ3n) is 1.83. The fourth-order valence-electron chi connectivity index (χ4n) is 1.09. The summed E-state index contributed by atoms with van der Waals surface area (Å²) in [4.78, 5) is 12.4. The second-order valence-corrected chi connectivity index (χ2v) is 3.31. The topological polar surface area (TPSA) is 78.5 Å². The molecule has 0 amide bonds. The number of aromatic nitrogens is 1. The highest BCUT2D eigenvalue weighted by atomic mass is 19.4. The summed E-state index contributed by atoms with van der Waals surface area (Å²) in [6, 6.07) is 2.69. The highest BCUT2D eigenvalue weighted by Crippen LogP contribution is 2.14. The van der Waals surface area contributed by atoms with Crippen LogP contribution >= 0.6 is 0 Å². The van der Waals surface area contributed by atoms with Gasteiger partial charge in [0, 0.05) is 12.1 Å². The van der Waals surface area contributed by atoms with Gasteiger partial charge in [-0.25, -0.2) is 4.98 Å². The Labute approximate surface area is 99.9 Å². The van der Waals surface area contributed by atoms with Gasteiger partial charge in [0.25, 0.3) is 5.82 Å². The maximum atomic E-state index is 11.7. The van der Waals surface area contributed by atoms with Crippen molar-refractivity contribution in [2.45, 2.75) is 6.18 Å². The average Bonchev–Trinajstić information content (AvgIpc) is 2.27. The van der Waals surface area contributed by atoms with Crippen LogP contribution in [0.2, 0.25) is 0 Å². The van der Waals surface area contributed by atoms with E-state index in [0.29, 0.717) is 5.82 Å². The van der Waals surface area contributed by atoms with Crippen LogP contribution in [0.5, 0.6) is 0 Å². The Morgan fingerprint density at radius 1 is 1.44 bits per heavy atom. The van der Waals surface area contributed by atoms with Gasteiger partial charge >= 0.3 is 11.9 Å². The number of anilines is 1. The van der Waals surface area contributed by atoms with Gasteiger partial charge in [-0.05, 0) is 0 Å². The maximum Gasteiger partial charge on any atom is 0.411 e. The third kappa shape index (κ3) is 5.43. The molecule has 0 aliphatic carbocycles. The number of rotatable bonds is 6. The fourth-order valence-corrected chi connectivity index (χ4v) is 1.09. The van der Waals surface area contributed by atoms with E-state index in [-0.39, 0.29) is 18.8 Å². The highest BCUT2D eigenvalue weighted by Gasteiger charge is 2.27. The van der Waals surface area contributed by atoms with Gasteiger partial charge in [-0.2, -0.15) is 13.2 Å². The molecule has 0 aliphatic heterocycles. The molecule has 1 aromatic heterocycles. The van der Waals surface area contributed by atoms with Crippen LogP contribution < -0.4 is 10.3 Å². The van der Waals surface area contributed by atoms with E-state index in [9.17, 15) is 23.3 Å². The molecule has 1 aromatic rings. The molecule has 2 N–H and O–H groups in total. The second-order valence-electron chi connectivity index (χ2n) is 3.31. The van der Waals surface area contributed by atoms with Gasteiger partial charge in [-0.15, -0.1) is 0 Å². The molecule has 0 saturated heterocycles. The molecule has 100 valence electrons. The number of H-pyrrole nitrogens is 1. The zero-order valence-corrected chi connectivity index (χ0v) is 9.16. The minimum Gasteiger partial charge on any atom is -0.368 e. The lowest BCUT2D eigenvalue weighted by Crippen LogP contribution is -2.21. The lowest BCUT2D eigenvalue weighted by atomic mass is 10.4. The number of hydrogen-bond donors (Lipinski definition) is 1. The monoisotopic (exact) mass is 266 g/mol. The normalized spacial score (nSPS) is 11.3. The van der Waals surface area contributed by atoms with Crippen molar-refractivity contribution in [3.05, 3.63) is 28.4 Å². The molecule has 9 heteroatoms. The number of alkyl halides is 3. The number of hydrogen-bond acceptors (Lipinski definition) is 4. The summed E-state index contributed by atoms with van der Waals surface area (Å²) in [5, 5.41) is 13.1. The molecular formula is C9H11F3N3O3+. The van der Waals surface area contributed by atoms with E-state index in [1.54, 1.807) is 0 Å². The Morgan fingerprint density at radius 3 is 2.67 bits per heavy atom. The number of nitrogens with zero attached hydrogens (tertiary/aromatic N) is 1. The van der Waals surface area contributed by atoms with Crippen molar-refractivity contribution in [1.82, 2.24) is 0 Å². The Balaban J connectivity index is 2.25. The minimum absolute atomic E-state index is 0.103. The minimum atomic E-state index is -4.33. The van der Waals surface area contributed by atoms with E-state index < -0.39 is 17.7 Å². The third-order valence-corrected chi connectivity index (χ3v) is 1.83. The molecule has 0 radical (unpaired) electrons. The average molecular weight is 266 g/mol. The number of halogens is 3. The number of aromatic amines is 1. The molecule has 0 atom stereocenters. The summed E-state index contributed by atoms with van der Waals surface area (Å²) in [6.45, 7) is -1.26. The molecular weight excluding hydrogens is 255 g/mol. The van der Waals surface area contributed by atoms with Gasteiger partial charge in [0.15, 0.2) is 6.20 Å². The van der Waals surface area contributed by atoms with Crippen molar-refractivity contribution in [2.75, 3.05) is 25.1 Å². The molecule has 0 bridgehead atoms. The van der Waals surface area contributed by atoms with Gasteiger partial charge in [0.05, 0.1) is 11.5 Å². The zero-order chi connectivity index (χ0) is 13.6. The molecule has 0 spiro atoms. The van der Waals surface area contributed by atoms with Crippen LogP contribution in [0.15, 0.2) is 18.3 Å². The summed E-state index contributed by atoms with van der Waals surface area (Å²) in [5.41, 5.74) is -0.103. The predicted molar refractivity (Wildman–Crippen MR) is 55.0 cm³/mol. The van der Waals surface area contributed by atoms with Gasteiger partial charge in [-0.1, -0.05) is 0 Å². The lowest BCUT2D eigenvalue weighted by molar-refractivity contribution is -0.413. The van der Waals surface area contributed by atoms with E-state index in [2.05, 4.69) is 15.0 Å². The largest absolute Gasteiger partial charge is 0.411 e. The first kappa shape index (κ1) is 14.2. The van der Waals surface area contributed by atoms with Crippen molar-refractivity contribution in [3.63, 3.8) is 0 Å². The number of pyridine rings is 1. The van der Waals surface area contributed by atoms with Crippen LogP contribution in [0.25, 0.3) is 0 Å². The molecule has 6 nitrogen and oxygen atoms in total. The Kier molecular flexibility index (Phi) is 4.84. The Bertz CT molecular complexity index is 394. The summed E-state index contributed by atoms with van der Waals surface area (Å²) in [7, 11) is 0. The molecule has 0 fully saturated rings. The van der Waals surface area contributed by atoms with E-state index in [1.807, 2.05) is 0 Å². The highest BCUT2D eigenvalue weighted by molar-refractivity contribution is 5.33. The van der Waals surface area contributed by atoms with E-state index >= 15 is 0 Å². The van der Waals surface area contributed by atoms with Gasteiger partial charge in [-0.3, -0.25) is 15.4 Å². The van der Waals surface area contributed by atoms with Crippen molar-refractivity contribution < 1.29 is 27.8 Å². The van der Waals surface area contributed by atoms with Crippen LogP contribution in [0.4, 0.5) is 24.7 Å². The van der Waals surface area contributed by atoms with E-state index in [1.165, 1.54) is 18.3 Å². The SMILES string of the molecule is O=[N+]([O-])c1ccc(NCCOCC(F)(F)F)[nH+]c1. The van der Waals surface area contributed by atoms with Crippen molar-refractivity contribution in [2.24, 2.45) is 0 Å². The van der Waals surface area contributed by atoms with Crippen molar-refractivity contribution in [3.8, 4) is 0 Å². The maximum absolute atomic E-state index is 11.7. The molecule has 18 heavy (non-hydrogen) atoms. The van der Waals surface area contributed by atoms with Crippen molar-refractivity contribution in [1.29, 1.82) is 0 Å². The first-order valence-electron chi connectivity index (χ1n) is 4.93. The van der Waals surface area contributed by atoms with Crippen LogP contribution in [0.3, 0.4) is 0 Å². The summed E-state index contributed by atoms with van der Waals surface area (Å²) in [6.07, 6.45) is -3.15. The summed E-state index contributed by atoms with van der Waals surface area (Å²) >= 11 is 0. The van der Waals surface area contributed by atoms with E-state index in [4.69, 9.17) is 0 Å². The molecule has 0 aromatic carbocycles. The molecule has 1 rings (SSSR count). The smallest absolute Gasteiger partial charge is 0.368 e. The van der Waals surface area contributed by atoms with Crippen LogP contribution in [-0.4, -0.2) is 30.9 Å².